The molecule has 3 aromatic carbocycles. The van der Waals surface area contributed by atoms with Gasteiger partial charge in [0, 0.05) is 131 Å². The van der Waals surface area contributed by atoms with Crippen LogP contribution in [0.4, 0.5) is 5.82 Å². The maximum atomic E-state index is 12.6. The second-order valence-corrected chi connectivity index (χ2v) is 23.1. The summed E-state index contributed by atoms with van der Waals surface area (Å²) < 4.78 is 10.5. The van der Waals surface area contributed by atoms with Crippen LogP contribution in [0.2, 0.25) is 5.15 Å². The number of hydrogen-bond donors (Lipinski definition) is 2. The number of ether oxygens (including phenoxy) is 1. The zero-order valence-electron chi connectivity index (χ0n) is 46.6. The fourth-order valence-corrected chi connectivity index (χ4v) is 9.50. The molecule has 0 fully saturated rings. The van der Waals surface area contributed by atoms with Crippen molar-refractivity contribution < 1.29 is 32.9 Å². The van der Waals surface area contributed by atoms with E-state index >= 15 is 0 Å². The number of methoxy groups -OCH3 is 1. The Kier molecular flexibility index (Phi) is 21.5. The molecule has 0 bridgehead atoms. The molecule has 1 radical (unpaired) electrons. The van der Waals surface area contributed by atoms with Gasteiger partial charge in [0.1, 0.15) is 16.6 Å². The average Bonchev–Trinajstić information content (AvgIpc) is 1.76. The molecule has 0 aliphatic rings. The zero-order chi connectivity index (χ0) is 60.7. The molecule has 14 rings (SSSR count). The van der Waals surface area contributed by atoms with Gasteiger partial charge in [-0.25, -0.2) is 19.9 Å². The SMILES string of the molecule is CC#C[C-](I)I.COC(=O)Cc1ccccc1.Clc1nc2c(cnc3cc(-c4ccncc4)nn32)cc1-c1ccccc1.Nc1c(C=O)cnc2cc(-c3ccncc3)nn12.O=c1[nH]c2c(cnc3cc(-c4ccncc4)nn32)cc1-c1ccccc1.[V]. The number of benzene rings is 3. The monoisotopic (exact) mass is 1440 g/mol. The number of anilines is 1. The van der Waals surface area contributed by atoms with Gasteiger partial charge >= 0.3 is 5.97 Å². The quantitative estimate of drug-likeness (QED) is 0.0359. The Morgan fingerprint density at radius 1 is 0.625 bits per heavy atom. The molecule has 23 heteroatoms. The summed E-state index contributed by atoms with van der Waals surface area (Å²) in [5.41, 5.74) is 18.8. The number of fused-ring (bicyclic) bond motifs is 7. The summed E-state index contributed by atoms with van der Waals surface area (Å²) >= 11 is 10.8. The molecule has 0 atom stereocenters. The number of aromatic amines is 1. The summed E-state index contributed by atoms with van der Waals surface area (Å²) in [6.07, 6.45) is 16.3. The summed E-state index contributed by atoms with van der Waals surface area (Å²) in [6.45, 7) is 1.83. The predicted octanol–water partition coefficient (Wildman–Crippen LogP) is 12.9. The molecule has 11 heterocycles. The van der Waals surface area contributed by atoms with E-state index in [1.165, 1.54) is 17.8 Å². The average molecular weight is 1440 g/mol. The van der Waals surface area contributed by atoms with Crippen LogP contribution in [0, 0.1) is 13.8 Å². The first-order valence-corrected chi connectivity index (χ1v) is 28.9. The number of nitrogens with one attached hydrogen (secondary N) is 1. The number of nitrogens with zero attached hydrogens (tertiary/aromatic N) is 13. The molecule has 0 amide bonds. The second kappa shape index (κ2) is 30.1. The van der Waals surface area contributed by atoms with Gasteiger partial charge < -0.3 is 21.4 Å². The molecule has 0 unspecified atom stereocenters. The van der Waals surface area contributed by atoms with Crippen molar-refractivity contribution >= 4 is 114 Å². The Morgan fingerprint density at radius 3 is 1.58 bits per heavy atom. The first kappa shape index (κ1) is 62.8. The van der Waals surface area contributed by atoms with Crippen molar-refractivity contribution in [2.45, 2.75) is 13.3 Å². The van der Waals surface area contributed by atoms with Crippen LogP contribution >= 0.6 is 56.8 Å². The summed E-state index contributed by atoms with van der Waals surface area (Å²) in [4.78, 5) is 66.9. The van der Waals surface area contributed by atoms with Crippen molar-refractivity contribution in [1.29, 1.82) is 0 Å². The van der Waals surface area contributed by atoms with Gasteiger partial charge in [-0.05, 0) is 65.2 Å². The normalized spacial score (nSPS) is 10.4. The number of pyridine rings is 5. The fourth-order valence-electron chi connectivity index (χ4n) is 8.72. The zero-order valence-corrected chi connectivity index (χ0v) is 53.1. The molecule has 0 aliphatic carbocycles. The molecule has 0 aliphatic heterocycles. The molecule has 11 aromatic heterocycles. The minimum atomic E-state index is -0.198. The molecule has 0 saturated heterocycles. The van der Waals surface area contributed by atoms with Gasteiger partial charge in [-0.1, -0.05) is 111 Å². The van der Waals surface area contributed by atoms with Gasteiger partial charge in [0.2, 0.25) is 0 Å². The number of aldehydes is 1. The van der Waals surface area contributed by atoms with Gasteiger partial charge in [-0.15, -0.1) is 0 Å². The van der Waals surface area contributed by atoms with Crippen LogP contribution in [-0.4, -0.2) is 88.1 Å². The first-order chi connectivity index (χ1) is 42.5. The van der Waals surface area contributed by atoms with E-state index in [4.69, 9.17) is 17.3 Å². The number of nitrogen functional groups attached to an aromatic ring is 1. The Labute approximate surface area is 547 Å². The summed E-state index contributed by atoms with van der Waals surface area (Å²) in [5, 5.41) is 15.7. The maximum Gasteiger partial charge on any atom is 0.309 e. The van der Waals surface area contributed by atoms with Crippen LogP contribution < -0.4 is 11.3 Å². The summed E-state index contributed by atoms with van der Waals surface area (Å²) in [6, 6.07) is 49.8. The molecule has 0 spiro atoms. The number of esters is 1. The Balaban J connectivity index is 0.000000140. The van der Waals surface area contributed by atoms with E-state index < -0.39 is 0 Å². The van der Waals surface area contributed by atoms with Crippen molar-refractivity contribution in [2.75, 3.05) is 12.8 Å². The molecular weight excluding hydrogens is 1400 g/mol. The molecule has 0 saturated carbocycles. The number of nitrogens with two attached hydrogens (primary N) is 1. The van der Waals surface area contributed by atoms with Crippen LogP contribution in [0.1, 0.15) is 22.8 Å². The number of aromatic nitrogens is 14. The van der Waals surface area contributed by atoms with Crippen molar-refractivity contribution in [3.05, 3.63) is 242 Å². The van der Waals surface area contributed by atoms with Crippen molar-refractivity contribution in [3.63, 3.8) is 0 Å². The molecule has 433 valence electrons. The van der Waals surface area contributed by atoms with Crippen LogP contribution in [0.3, 0.4) is 0 Å². The van der Waals surface area contributed by atoms with Gasteiger partial charge in [-0.2, -0.15) is 74.0 Å². The largest absolute Gasteiger partial charge is 0.469 e. The van der Waals surface area contributed by atoms with Crippen LogP contribution in [0.15, 0.2) is 218 Å². The minimum Gasteiger partial charge on any atom is -0.469 e. The minimum absolute atomic E-state index is 0. The van der Waals surface area contributed by atoms with E-state index in [9.17, 15) is 14.4 Å². The van der Waals surface area contributed by atoms with Crippen LogP contribution in [-0.2, 0) is 34.5 Å². The Morgan fingerprint density at radius 2 is 1.08 bits per heavy atom. The summed E-state index contributed by atoms with van der Waals surface area (Å²) in [7, 11) is 1.39. The van der Waals surface area contributed by atoms with E-state index in [-0.39, 0.29) is 35.9 Å². The van der Waals surface area contributed by atoms with Crippen LogP contribution in [0.5, 0.6) is 0 Å². The third-order valence-corrected chi connectivity index (χ3v) is 13.7. The van der Waals surface area contributed by atoms with Crippen molar-refractivity contribution in [2.24, 2.45) is 0 Å². The molecule has 19 nitrogen and oxygen atoms in total. The van der Waals surface area contributed by atoms with E-state index in [1.54, 1.807) is 64.7 Å². The maximum absolute atomic E-state index is 12.6. The molecule has 14 aromatic rings. The van der Waals surface area contributed by atoms with Crippen LogP contribution in [0.25, 0.3) is 95.0 Å². The van der Waals surface area contributed by atoms with E-state index in [0.717, 1.165) is 74.4 Å². The van der Waals surface area contributed by atoms with E-state index in [1.807, 2.05) is 159 Å². The number of carbonyl (C=O) groups is 2. The van der Waals surface area contributed by atoms with E-state index in [0.29, 0.717) is 51.6 Å². The Bertz CT molecular complexity index is 4810. The summed E-state index contributed by atoms with van der Waals surface area (Å²) in [5.74, 6) is 5.70. The van der Waals surface area contributed by atoms with Gasteiger partial charge in [0.05, 0.1) is 36.2 Å². The Hall–Kier alpha value is -9.71. The number of H-pyrrole nitrogens is 1. The second-order valence-electron chi connectivity index (χ2n) is 18.5. The van der Waals surface area contributed by atoms with Gasteiger partial charge in [0.15, 0.2) is 28.9 Å². The molecule has 3 N–H and O–H groups in total. The van der Waals surface area contributed by atoms with E-state index in [2.05, 4.69) is 117 Å². The number of rotatable bonds is 8. The topological polar surface area (TPSA) is 244 Å². The van der Waals surface area contributed by atoms with Gasteiger partial charge in [0.25, 0.3) is 5.56 Å². The third-order valence-electron chi connectivity index (χ3n) is 12.9. The molecular formula is C65H47ClI2N15O4V-. The first-order valence-electron chi connectivity index (χ1n) is 26.4. The molecule has 88 heavy (non-hydrogen) atoms. The standard InChI is InChI=1S/C20H12ClN5.C20H13N5O.C12H9N5O.C9H10O2.C4H3I2.V/c21-19-16(13-4-2-1-3-5-13)10-15-12-23-18-11-17(14-6-8-22-9-7-14)25-26(18)20(15)24-19;26-20-16(13-4-2-1-3-5-13)10-15-12-22-18-11-17(14-6-8-21-9-7-14)24-25(18)19(15)23-20;13-12-9(7-18)6-15-11-5-10(16-17(11)12)8-1-3-14-4-2-8;1-11-9(10)7-8-5-3-2-4-6-8;1-2-3-4(5)6;/h1-12H;1-12H,(H,23,26);1-7H,13H2;2-6H,7H2,1H3;1H3;/q;;;;-1;. The number of hydrogen-bond acceptors (Lipinski definition) is 15. The fraction of sp³-hybridized carbons (Fsp3) is 0.0462. The smallest absolute Gasteiger partial charge is 0.309 e. The third kappa shape index (κ3) is 15.3. The number of carbonyl (C=O) groups excluding carboxylic acids is 2. The predicted molar refractivity (Wildman–Crippen MR) is 355 cm³/mol. The van der Waals surface area contributed by atoms with Gasteiger partial charge in [-0.3, -0.25) is 35.3 Å². The number of halogens is 3. The van der Waals surface area contributed by atoms with Crippen molar-refractivity contribution in [1.82, 2.24) is 68.7 Å². The van der Waals surface area contributed by atoms with Crippen molar-refractivity contribution in [3.8, 4) is 67.9 Å².